The molecular weight excluding hydrogens is 398 g/mol. The third kappa shape index (κ3) is 3.41. The highest BCUT2D eigenvalue weighted by Gasteiger charge is 2.22. The second-order valence-corrected chi connectivity index (χ2v) is 8.60. The summed E-state index contributed by atoms with van der Waals surface area (Å²) in [5.41, 5.74) is 6.76. The lowest BCUT2D eigenvalue weighted by Gasteiger charge is -2.36. The van der Waals surface area contributed by atoms with Gasteiger partial charge in [-0.05, 0) is 49.2 Å². The Morgan fingerprint density at radius 2 is 1.81 bits per heavy atom. The molecule has 1 radical (unpaired) electrons. The fourth-order valence-corrected chi connectivity index (χ4v) is 4.87. The Morgan fingerprint density at radius 1 is 0.969 bits per heavy atom. The fourth-order valence-electron chi connectivity index (χ4n) is 4.87. The zero-order chi connectivity index (χ0) is 21.5. The average molecular weight is 425 g/mol. The zero-order valence-electron chi connectivity index (χ0n) is 18.3. The lowest BCUT2D eigenvalue weighted by atomic mass is 10.1. The molecule has 0 bridgehead atoms. The van der Waals surface area contributed by atoms with Gasteiger partial charge >= 0.3 is 0 Å². The largest absolute Gasteiger partial charge is 0.485 e. The summed E-state index contributed by atoms with van der Waals surface area (Å²) in [4.78, 5) is 13.9. The van der Waals surface area contributed by atoms with E-state index in [1.165, 1.54) is 16.6 Å². The molecule has 2 aliphatic rings. The first kappa shape index (κ1) is 19.3. The lowest BCUT2D eigenvalue weighted by Crippen LogP contribution is -2.47. The number of ether oxygens (including phenoxy) is 1. The summed E-state index contributed by atoms with van der Waals surface area (Å²) < 4.78 is 8.16. The maximum Gasteiger partial charge on any atom is 0.147 e. The Kier molecular flexibility index (Phi) is 4.80. The monoisotopic (exact) mass is 424 g/mol. The number of hydrogen-bond donors (Lipinski definition) is 0. The van der Waals surface area contributed by atoms with Gasteiger partial charge in [0.05, 0.1) is 16.9 Å². The minimum atomic E-state index is 0.530. The van der Waals surface area contributed by atoms with Gasteiger partial charge in [0.2, 0.25) is 0 Å². The van der Waals surface area contributed by atoms with E-state index in [1.54, 1.807) is 0 Å². The van der Waals surface area contributed by atoms with Crippen molar-refractivity contribution in [1.82, 2.24) is 19.4 Å². The van der Waals surface area contributed by atoms with Crippen LogP contribution in [0.5, 0.6) is 5.75 Å². The van der Waals surface area contributed by atoms with E-state index in [1.807, 2.05) is 13.3 Å². The minimum Gasteiger partial charge on any atom is -0.485 e. The third-order valence-electron chi connectivity index (χ3n) is 6.60. The van der Waals surface area contributed by atoms with Gasteiger partial charge in [-0.3, -0.25) is 14.5 Å². The number of aryl methyl sites for hydroxylation is 1. The quantitative estimate of drug-likeness (QED) is 0.499. The van der Waals surface area contributed by atoms with Crippen LogP contribution in [0.25, 0.3) is 16.6 Å². The number of para-hydroxylation sites is 1. The lowest BCUT2D eigenvalue weighted by molar-refractivity contribution is 0.255. The van der Waals surface area contributed by atoms with E-state index in [0.29, 0.717) is 6.61 Å². The second kappa shape index (κ2) is 7.95. The van der Waals surface area contributed by atoms with E-state index < -0.39 is 0 Å². The summed E-state index contributed by atoms with van der Waals surface area (Å²) in [6.45, 7) is 7.80. The molecule has 2 aromatic carbocycles. The normalized spacial score (nSPS) is 16.0. The van der Waals surface area contributed by atoms with Crippen molar-refractivity contribution in [2.24, 2.45) is 0 Å². The molecule has 0 spiro atoms. The molecule has 0 N–H and O–H groups in total. The number of benzene rings is 2. The van der Waals surface area contributed by atoms with Crippen molar-refractivity contribution in [2.45, 2.75) is 20.0 Å². The van der Waals surface area contributed by atoms with Crippen LogP contribution in [0.2, 0.25) is 0 Å². The summed E-state index contributed by atoms with van der Waals surface area (Å²) >= 11 is 0. The maximum atomic E-state index is 6.08. The van der Waals surface area contributed by atoms with Gasteiger partial charge < -0.3 is 9.64 Å². The van der Waals surface area contributed by atoms with Gasteiger partial charge in [0, 0.05) is 49.5 Å². The predicted octanol–water partition coefficient (Wildman–Crippen LogP) is 3.79. The molecule has 4 heterocycles. The van der Waals surface area contributed by atoms with Crippen molar-refractivity contribution in [3.8, 4) is 11.4 Å². The van der Waals surface area contributed by atoms with Gasteiger partial charge in [-0.15, -0.1) is 0 Å². The number of piperazine rings is 1. The zero-order valence-corrected chi connectivity index (χ0v) is 18.3. The number of aromatic nitrogens is 3. The number of pyridine rings is 1. The second-order valence-electron chi connectivity index (χ2n) is 8.60. The molecule has 1 fully saturated rings. The van der Waals surface area contributed by atoms with E-state index in [0.717, 1.165) is 67.5 Å². The van der Waals surface area contributed by atoms with Crippen LogP contribution in [-0.4, -0.2) is 52.2 Å². The first-order valence-corrected chi connectivity index (χ1v) is 11.3. The number of anilines is 1. The SMILES string of the molecule is Cc1ccc2c(N3CCN(CCc4cccc5c4OCc4[c]ncn4-5)CC3)cccc2n1. The summed E-state index contributed by atoms with van der Waals surface area (Å²) in [5, 5.41) is 1.25. The molecule has 6 rings (SSSR count). The molecule has 0 atom stereocenters. The van der Waals surface area contributed by atoms with Crippen LogP contribution in [0.4, 0.5) is 5.69 Å². The van der Waals surface area contributed by atoms with Crippen molar-refractivity contribution >= 4 is 16.6 Å². The fraction of sp³-hybridized carbons (Fsp3) is 0.308. The molecule has 0 unspecified atom stereocenters. The van der Waals surface area contributed by atoms with Crippen LogP contribution in [-0.2, 0) is 13.0 Å². The molecule has 6 nitrogen and oxygen atoms in total. The van der Waals surface area contributed by atoms with E-state index in [2.05, 4.69) is 74.1 Å². The van der Waals surface area contributed by atoms with E-state index in [-0.39, 0.29) is 0 Å². The molecule has 0 amide bonds. The molecule has 0 saturated carbocycles. The highest BCUT2D eigenvalue weighted by molar-refractivity contribution is 5.92. The van der Waals surface area contributed by atoms with Crippen LogP contribution >= 0.6 is 0 Å². The van der Waals surface area contributed by atoms with Crippen LogP contribution in [0, 0.1) is 13.1 Å². The minimum absolute atomic E-state index is 0.530. The van der Waals surface area contributed by atoms with Crippen molar-refractivity contribution in [3.05, 3.63) is 78.0 Å². The van der Waals surface area contributed by atoms with Crippen LogP contribution in [0.1, 0.15) is 17.0 Å². The standard InChI is InChI=1S/C26H26N5O/c1-19-8-9-22-23(28-19)5-3-6-24(22)30-14-12-29(13-15-30)11-10-20-4-2-7-25-26(20)32-17-21-16-27-18-31(21)25/h2-9,18H,10-15,17H2,1H3. The molecule has 6 heteroatoms. The molecule has 1 saturated heterocycles. The van der Waals surface area contributed by atoms with Gasteiger partial charge in [0.25, 0.3) is 0 Å². The Labute approximate surface area is 188 Å². The van der Waals surface area contributed by atoms with Gasteiger partial charge in [-0.1, -0.05) is 18.2 Å². The van der Waals surface area contributed by atoms with Crippen LogP contribution in [0.3, 0.4) is 0 Å². The summed E-state index contributed by atoms with van der Waals surface area (Å²) in [6, 6.07) is 17.2. The summed E-state index contributed by atoms with van der Waals surface area (Å²) in [7, 11) is 0. The van der Waals surface area contributed by atoms with E-state index >= 15 is 0 Å². The van der Waals surface area contributed by atoms with Gasteiger partial charge in [0.15, 0.2) is 0 Å². The number of imidazole rings is 1. The van der Waals surface area contributed by atoms with E-state index in [4.69, 9.17) is 9.72 Å². The molecule has 161 valence electrons. The predicted molar refractivity (Wildman–Crippen MR) is 126 cm³/mol. The van der Waals surface area contributed by atoms with Crippen molar-refractivity contribution < 1.29 is 4.74 Å². The Bertz CT molecular complexity index is 1270. The highest BCUT2D eigenvalue weighted by Crippen LogP contribution is 2.33. The number of rotatable bonds is 4. The van der Waals surface area contributed by atoms with Crippen LogP contribution in [0.15, 0.2) is 54.9 Å². The first-order valence-electron chi connectivity index (χ1n) is 11.3. The van der Waals surface area contributed by atoms with Crippen molar-refractivity contribution in [1.29, 1.82) is 0 Å². The third-order valence-corrected chi connectivity index (χ3v) is 6.60. The topological polar surface area (TPSA) is 46.4 Å². The van der Waals surface area contributed by atoms with Crippen LogP contribution < -0.4 is 9.64 Å². The molecule has 2 aromatic heterocycles. The van der Waals surface area contributed by atoms with Gasteiger partial charge in [0.1, 0.15) is 24.9 Å². The number of nitrogens with zero attached hydrogens (tertiary/aromatic N) is 5. The summed E-state index contributed by atoms with van der Waals surface area (Å²) in [6.07, 6.45) is 5.81. The Balaban J connectivity index is 1.13. The molecule has 32 heavy (non-hydrogen) atoms. The van der Waals surface area contributed by atoms with Crippen molar-refractivity contribution in [2.75, 3.05) is 37.6 Å². The molecule has 4 aromatic rings. The maximum absolute atomic E-state index is 6.08. The highest BCUT2D eigenvalue weighted by atomic mass is 16.5. The van der Waals surface area contributed by atoms with E-state index in [9.17, 15) is 0 Å². The Hall–Kier alpha value is -3.38. The van der Waals surface area contributed by atoms with Crippen molar-refractivity contribution in [3.63, 3.8) is 0 Å². The Morgan fingerprint density at radius 3 is 2.72 bits per heavy atom. The van der Waals surface area contributed by atoms with Gasteiger partial charge in [-0.25, -0.2) is 4.98 Å². The number of fused-ring (bicyclic) bond motifs is 4. The molecular formula is C26H26N5O. The molecule has 2 aliphatic heterocycles. The molecule has 0 aliphatic carbocycles. The average Bonchev–Trinajstić information content (AvgIpc) is 3.32. The number of hydrogen-bond acceptors (Lipinski definition) is 5. The first-order chi connectivity index (χ1) is 15.8. The summed E-state index contributed by atoms with van der Waals surface area (Å²) in [5.74, 6) is 0.989. The smallest absolute Gasteiger partial charge is 0.147 e. The van der Waals surface area contributed by atoms with Gasteiger partial charge in [-0.2, -0.15) is 0 Å².